The van der Waals surface area contributed by atoms with Crippen LogP contribution < -0.4 is 0 Å². The van der Waals surface area contributed by atoms with E-state index in [-0.39, 0.29) is 0 Å². The number of ether oxygens (including phenoxy) is 1. The van der Waals surface area contributed by atoms with E-state index in [0.717, 1.165) is 6.61 Å². The van der Waals surface area contributed by atoms with Gasteiger partial charge in [0.15, 0.2) is 0 Å². The highest BCUT2D eigenvalue weighted by molar-refractivity contribution is 6.18. The lowest BCUT2D eigenvalue weighted by molar-refractivity contribution is 0.136. The van der Waals surface area contributed by atoms with Gasteiger partial charge in [-0.2, -0.15) is 0 Å². The zero-order chi connectivity index (χ0) is 7.11. The first-order chi connectivity index (χ1) is 4.31. The quantitative estimate of drug-likeness (QED) is 0.330. The Bertz CT molecular complexity index is 73.3. The van der Waals surface area contributed by atoms with Gasteiger partial charge < -0.3 is 4.74 Å². The molecule has 0 aromatic heterocycles. The van der Waals surface area contributed by atoms with Gasteiger partial charge >= 0.3 is 0 Å². The maximum absolute atomic E-state index is 5.53. The smallest absolute Gasteiger partial charge is 0.0644 e. The molecule has 1 atom stereocenters. The summed E-state index contributed by atoms with van der Waals surface area (Å²) in [4.78, 5) is 0. The van der Waals surface area contributed by atoms with E-state index < -0.39 is 0 Å². The van der Waals surface area contributed by atoms with Crippen LogP contribution in [-0.2, 0) is 4.74 Å². The molecule has 0 amide bonds. The average molecular weight is 149 g/mol. The number of hydrogen-bond donors (Lipinski definition) is 0. The summed E-state index contributed by atoms with van der Waals surface area (Å²) in [5.41, 5.74) is 0. The van der Waals surface area contributed by atoms with Gasteiger partial charge in [0.1, 0.15) is 0 Å². The first-order valence-corrected chi connectivity index (χ1v) is 3.59. The van der Waals surface area contributed by atoms with Gasteiger partial charge in [-0.05, 0) is 5.92 Å². The van der Waals surface area contributed by atoms with Crippen LogP contribution in [0.4, 0.5) is 0 Å². The van der Waals surface area contributed by atoms with Crippen LogP contribution in [-0.4, -0.2) is 19.1 Å². The van der Waals surface area contributed by atoms with Gasteiger partial charge in [-0.1, -0.05) is 13.0 Å². The Morgan fingerprint density at radius 3 is 2.89 bits per heavy atom. The van der Waals surface area contributed by atoms with Crippen LogP contribution >= 0.6 is 11.6 Å². The molecule has 0 N–H and O–H groups in total. The molecular formula is C7H13ClO. The monoisotopic (exact) mass is 148 g/mol. The normalized spacial score (nSPS) is 13.1. The van der Waals surface area contributed by atoms with Crippen molar-refractivity contribution in [1.29, 1.82) is 0 Å². The lowest BCUT2D eigenvalue weighted by Crippen LogP contribution is -2.06. The lowest BCUT2D eigenvalue weighted by Gasteiger charge is -2.05. The van der Waals surface area contributed by atoms with Gasteiger partial charge in [-0.3, -0.25) is 0 Å². The van der Waals surface area contributed by atoms with E-state index in [0.29, 0.717) is 18.4 Å². The summed E-state index contributed by atoms with van der Waals surface area (Å²) < 4.78 is 5.13. The Balaban J connectivity index is 2.96. The predicted octanol–water partition coefficient (Wildman–Crippen LogP) is 2.06. The molecule has 2 heteroatoms. The molecule has 0 saturated heterocycles. The Kier molecular flexibility index (Phi) is 6.11. The van der Waals surface area contributed by atoms with Crippen LogP contribution in [0.15, 0.2) is 12.7 Å². The second-order valence-electron chi connectivity index (χ2n) is 2.09. The van der Waals surface area contributed by atoms with E-state index in [9.17, 15) is 0 Å². The predicted molar refractivity (Wildman–Crippen MR) is 40.9 cm³/mol. The van der Waals surface area contributed by atoms with Crippen LogP contribution in [0.5, 0.6) is 0 Å². The summed E-state index contributed by atoms with van der Waals surface area (Å²) in [5, 5.41) is 0. The molecule has 0 bridgehead atoms. The minimum Gasteiger partial charge on any atom is -0.377 e. The molecule has 9 heavy (non-hydrogen) atoms. The second-order valence-corrected chi connectivity index (χ2v) is 2.39. The van der Waals surface area contributed by atoms with Crippen molar-refractivity contribution in [2.24, 2.45) is 5.92 Å². The van der Waals surface area contributed by atoms with Crippen molar-refractivity contribution in [1.82, 2.24) is 0 Å². The van der Waals surface area contributed by atoms with Crippen molar-refractivity contribution in [2.45, 2.75) is 6.92 Å². The fourth-order valence-corrected chi connectivity index (χ4v) is 0.486. The van der Waals surface area contributed by atoms with E-state index >= 15 is 0 Å². The fraction of sp³-hybridized carbons (Fsp3) is 0.714. The first kappa shape index (κ1) is 8.99. The van der Waals surface area contributed by atoms with E-state index in [1.807, 2.05) is 0 Å². The molecule has 0 fully saturated rings. The third kappa shape index (κ3) is 5.87. The van der Waals surface area contributed by atoms with Crippen molar-refractivity contribution < 1.29 is 4.74 Å². The summed E-state index contributed by atoms with van der Waals surface area (Å²) in [6, 6.07) is 0. The molecule has 0 saturated carbocycles. The molecule has 0 heterocycles. The summed E-state index contributed by atoms with van der Waals surface area (Å²) in [7, 11) is 0. The molecule has 0 spiro atoms. The molecule has 0 aliphatic carbocycles. The largest absolute Gasteiger partial charge is 0.377 e. The van der Waals surface area contributed by atoms with Crippen molar-refractivity contribution in [3.8, 4) is 0 Å². The summed E-state index contributed by atoms with van der Waals surface area (Å²) >= 11 is 5.53. The SMILES string of the molecule is C=CCOCC(C)CCl. The first-order valence-electron chi connectivity index (χ1n) is 3.05. The summed E-state index contributed by atoms with van der Waals surface area (Å²) in [6.45, 7) is 6.93. The van der Waals surface area contributed by atoms with E-state index in [1.165, 1.54) is 0 Å². The molecule has 0 aromatic carbocycles. The molecule has 0 aliphatic rings. The molecular weight excluding hydrogens is 136 g/mol. The highest BCUT2D eigenvalue weighted by atomic mass is 35.5. The van der Waals surface area contributed by atoms with E-state index in [2.05, 4.69) is 13.5 Å². The molecule has 0 aromatic rings. The lowest BCUT2D eigenvalue weighted by atomic mass is 10.2. The van der Waals surface area contributed by atoms with Gasteiger partial charge in [0.05, 0.1) is 13.2 Å². The van der Waals surface area contributed by atoms with Gasteiger partial charge in [0, 0.05) is 5.88 Å². The van der Waals surface area contributed by atoms with E-state index in [1.54, 1.807) is 6.08 Å². The van der Waals surface area contributed by atoms with Gasteiger partial charge in [0.25, 0.3) is 0 Å². The molecule has 0 radical (unpaired) electrons. The molecule has 0 aliphatic heterocycles. The molecule has 54 valence electrons. The standard InChI is InChI=1S/C7H13ClO/c1-3-4-9-6-7(2)5-8/h3,7H,1,4-6H2,2H3. The van der Waals surface area contributed by atoms with E-state index in [4.69, 9.17) is 16.3 Å². The minimum absolute atomic E-state index is 0.451. The van der Waals surface area contributed by atoms with Crippen molar-refractivity contribution in [3.05, 3.63) is 12.7 Å². The Morgan fingerprint density at radius 2 is 2.44 bits per heavy atom. The van der Waals surface area contributed by atoms with Crippen LogP contribution in [0.1, 0.15) is 6.92 Å². The summed E-state index contributed by atoms with van der Waals surface area (Å²) in [5.74, 6) is 1.11. The third-order valence-electron chi connectivity index (χ3n) is 0.901. The third-order valence-corrected chi connectivity index (χ3v) is 1.43. The number of rotatable bonds is 5. The summed E-state index contributed by atoms with van der Waals surface area (Å²) in [6.07, 6.45) is 1.74. The van der Waals surface area contributed by atoms with Crippen molar-refractivity contribution in [2.75, 3.05) is 19.1 Å². The van der Waals surface area contributed by atoms with Gasteiger partial charge in [-0.15, -0.1) is 18.2 Å². The average Bonchev–Trinajstić information content (AvgIpc) is 1.89. The van der Waals surface area contributed by atoms with Crippen molar-refractivity contribution in [3.63, 3.8) is 0 Å². The van der Waals surface area contributed by atoms with Crippen LogP contribution in [0, 0.1) is 5.92 Å². The maximum Gasteiger partial charge on any atom is 0.0644 e. The zero-order valence-corrected chi connectivity index (χ0v) is 6.53. The van der Waals surface area contributed by atoms with Crippen molar-refractivity contribution >= 4 is 11.6 Å². The molecule has 0 rings (SSSR count). The molecule has 1 nitrogen and oxygen atoms in total. The number of halogens is 1. The molecule has 1 unspecified atom stereocenters. The Hall–Kier alpha value is -0.0100. The maximum atomic E-state index is 5.53. The van der Waals surface area contributed by atoms with Gasteiger partial charge in [0.2, 0.25) is 0 Å². The number of alkyl halides is 1. The fourth-order valence-electron chi connectivity index (χ4n) is 0.397. The topological polar surface area (TPSA) is 9.23 Å². The number of hydrogen-bond acceptors (Lipinski definition) is 1. The zero-order valence-electron chi connectivity index (χ0n) is 5.77. The minimum atomic E-state index is 0.451. The highest BCUT2D eigenvalue weighted by Crippen LogP contribution is 1.97. The van der Waals surface area contributed by atoms with Crippen LogP contribution in [0.3, 0.4) is 0 Å². The van der Waals surface area contributed by atoms with Gasteiger partial charge in [-0.25, -0.2) is 0 Å². The van der Waals surface area contributed by atoms with Crippen LogP contribution in [0.25, 0.3) is 0 Å². The highest BCUT2D eigenvalue weighted by Gasteiger charge is 1.96. The van der Waals surface area contributed by atoms with Crippen LogP contribution in [0.2, 0.25) is 0 Å². The Morgan fingerprint density at radius 1 is 1.78 bits per heavy atom. The Labute approximate surface area is 61.7 Å². The second kappa shape index (κ2) is 6.12.